The summed E-state index contributed by atoms with van der Waals surface area (Å²) in [4.78, 5) is 6.52. The normalized spacial score (nSPS) is 20.1. The molecule has 1 fully saturated rings. The van der Waals surface area contributed by atoms with Crippen LogP contribution in [0.4, 0.5) is 0 Å². The van der Waals surface area contributed by atoms with Crippen molar-refractivity contribution in [2.45, 2.75) is 19.8 Å². The number of rotatable bonds is 2. The molecule has 1 aliphatic rings. The van der Waals surface area contributed by atoms with Crippen LogP contribution in [0.15, 0.2) is 4.99 Å². The van der Waals surface area contributed by atoms with Gasteiger partial charge in [-0.1, -0.05) is 6.92 Å². The van der Waals surface area contributed by atoms with Gasteiger partial charge in [-0.05, 0) is 18.6 Å². The van der Waals surface area contributed by atoms with Crippen molar-refractivity contribution in [2.24, 2.45) is 10.7 Å². The van der Waals surface area contributed by atoms with Gasteiger partial charge in [0.05, 0.1) is 0 Å². The van der Waals surface area contributed by atoms with Crippen LogP contribution in [0, 0.1) is 0 Å². The first kappa shape index (κ1) is 10.7. The van der Waals surface area contributed by atoms with Crippen LogP contribution in [0.5, 0.6) is 0 Å². The highest BCUT2D eigenvalue weighted by Gasteiger charge is 2.10. The van der Waals surface area contributed by atoms with Gasteiger partial charge in [-0.2, -0.15) is 11.8 Å². The molecule has 1 saturated heterocycles. The molecular formula is C9H19N3S. The summed E-state index contributed by atoms with van der Waals surface area (Å²) in [5.74, 6) is 3.18. The van der Waals surface area contributed by atoms with E-state index in [0.29, 0.717) is 0 Å². The fraction of sp³-hybridized carbons (Fsp3) is 0.889. The Morgan fingerprint density at radius 3 is 3.08 bits per heavy atom. The molecule has 0 amide bonds. The minimum atomic E-state index is 0.740. The van der Waals surface area contributed by atoms with E-state index >= 15 is 0 Å². The quantitative estimate of drug-likeness (QED) is 0.538. The summed E-state index contributed by atoms with van der Waals surface area (Å²) in [6.07, 6.45) is 2.30. The highest BCUT2D eigenvalue weighted by Crippen LogP contribution is 2.09. The second-order valence-corrected chi connectivity index (χ2v) is 4.42. The zero-order valence-corrected chi connectivity index (χ0v) is 9.15. The van der Waals surface area contributed by atoms with Crippen molar-refractivity contribution in [3.05, 3.63) is 0 Å². The third-order valence-corrected chi connectivity index (χ3v) is 3.09. The van der Waals surface area contributed by atoms with E-state index in [1.807, 2.05) is 11.8 Å². The first-order valence-electron chi connectivity index (χ1n) is 4.97. The van der Waals surface area contributed by atoms with Crippen molar-refractivity contribution in [1.82, 2.24) is 4.90 Å². The zero-order valence-electron chi connectivity index (χ0n) is 8.33. The maximum atomic E-state index is 5.87. The smallest absolute Gasteiger partial charge is 0.191 e. The van der Waals surface area contributed by atoms with E-state index in [1.54, 1.807) is 0 Å². The lowest BCUT2D eigenvalue weighted by Crippen LogP contribution is -2.38. The molecule has 0 aromatic rings. The molecule has 0 atom stereocenters. The van der Waals surface area contributed by atoms with Crippen LogP contribution in [-0.4, -0.2) is 42.0 Å². The molecule has 0 aromatic carbocycles. The van der Waals surface area contributed by atoms with Gasteiger partial charge in [0.1, 0.15) is 0 Å². The number of aliphatic imine (C=N–C) groups is 1. The van der Waals surface area contributed by atoms with E-state index in [9.17, 15) is 0 Å². The van der Waals surface area contributed by atoms with E-state index < -0.39 is 0 Å². The Kier molecular flexibility index (Phi) is 5.05. The van der Waals surface area contributed by atoms with Crippen LogP contribution in [0.25, 0.3) is 0 Å². The Morgan fingerprint density at radius 1 is 1.46 bits per heavy atom. The Balaban J connectivity index is 2.38. The summed E-state index contributed by atoms with van der Waals surface area (Å²) < 4.78 is 0. The number of hydrogen-bond donors (Lipinski definition) is 1. The predicted molar refractivity (Wildman–Crippen MR) is 60.3 cm³/mol. The fourth-order valence-corrected chi connectivity index (χ4v) is 2.19. The monoisotopic (exact) mass is 201 g/mol. The Morgan fingerprint density at radius 2 is 2.31 bits per heavy atom. The van der Waals surface area contributed by atoms with Gasteiger partial charge in [0.2, 0.25) is 0 Å². The summed E-state index contributed by atoms with van der Waals surface area (Å²) >= 11 is 2.01. The molecular weight excluding hydrogens is 182 g/mol. The van der Waals surface area contributed by atoms with E-state index in [1.165, 1.54) is 17.9 Å². The van der Waals surface area contributed by atoms with E-state index in [4.69, 9.17) is 5.73 Å². The molecule has 1 heterocycles. The van der Waals surface area contributed by atoms with Gasteiger partial charge in [0.15, 0.2) is 5.96 Å². The van der Waals surface area contributed by atoms with Crippen molar-refractivity contribution < 1.29 is 0 Å². The van der Waals surface area contributed by atoms with Crippen molar-refractivity contribution in [3.8, 4) is 0 Å². The zero-order chi connectivity index (χ0) is 9.52. The minimum Gasteiger partial charge on any atom is -0.370 e. The molecule has 0 spiro atoms. The second-order valence-electron chi connectivity index (χ2n) is 3.19. The molecule has 3 nitrogen and oxygen atoms in total. The molecule has 4 heteroatoms. The number of thioether (sulfide) groups is 1. The molecule has 1 rings (SSSR count). The number of nitrogens with two attached hydrogens (primary N) is 1. The molecule has 2 N–H and O–H groups in total. The van der Waals surface area contributed by atoms with Gasteiger partial charge in [-0.25, -0.2) is 0 Å². The largest absolute Gasteiger partial charge is 0.370 e. The van der Waals surface area contributed by atoms with Crippen molar-refractivity contribution in [1.29, 1.82) is 0 Å². The summed E-state index contributed by atoms with van der Waals surface area (Å²) in [5, 5.41) is 0. The first-order valence-corrected chi connectivity index (χ1v) is 6.12. The van der Waals surface area contributed by atoms with Crippen molar-refractivity contribution in [2.75, 3.05) is 31.1 Å². The van der Waals surface area contributed by atoms with Crippen LogP contribution in [0.2, 0.25) is 0 Å². The van der Waals surface area contributed by atoms with Crippen molar-refractivity contribution >= 4 is 17.7 Å². The van der Waals surface area contributed by atoms with Gasteiger partial charge >= 0.3 is 0 Å². The van der Waals surface area contributed by atoms with Crippen molar-refractivity contribution in [3.63, 3.8) is 0 Å². The lowest BCUT2D eigenvalue weighted by molar-refractivity contribution is 0.443. The molecule has 0 radical (unpaired) electrons. The molecule has 0 bridgehead atoms. The molecule has 0 aromatic heterocycles. The molecule has 0 unspecified atom stereocenters. The van der Waals surface area contributed by atoms with E-state index in [2.05, 4.69) is 16.8 Å². The first-order chi connectivity index (χ1) is 6.34. The molecule has 0 aliphatic carbocycles. The van der Waals surface area contributed by atoms with Gasteiger partial charge < -0.3 is 10.6 Å². The second kappa shape index (κ2) is 6.13. The average molecular weight is 201 g/mol. The van der Waals surface area contributed by atoms with Gasteiger partial charge in [0, 0.05) is 25.4 Å². The lowest BCUT2D eigenvalue weighted by Gasteiger charge is -2.20. The molecule has 1 aliphatic heterocycles. The van der Waals surface area contributed by atoms with Crippen LogP contribution in [0.3, 0.4) is 0 Å². The third kappa shape index (κ3) is 3.89. The van der Waals surface area contributed by atoms with Crippen LogP contribution in [0.1, 0.15) is 19.8 Å². The summed E-state index contributed by atoms with van der Waals surface area (Å²) in [6, 6.07) is 0. The fourth-order valence-electron chi connectivity index (χ4n) is 1.30. The maximum absolute atomic E-state index is 5.87. The lowest BCUT2D eigenvalue weighted by atomic mass is 10.4. The SMILES string of the molecule is CCCN=C(N)N1CCCSCC1. The standard InChI is InChI=1S/C9H19N3S/c1-2-4-11-9(10)12-5-3-7-13-8-6-12/h2-8H2,1H3,(H2,10,11). The van der Waals surface area contributed by atoms with Crippen LogP contribution < -0.4 is 5.73 Å². The predicted octanol–water partition coefficient (Wildman–Crippen LogP) is 1.15. The molecule has 76 valence electrons. The summed E-state index contributed by atoms with van der Waals surface area (Å²) in [7, 11) is 0. The third-order valence-electron chi connectivity index (χ3n) is 2.04. The number of hydrogen-bond acceptors (Lipinski definition) is 2. The van der Waals surface area contributed by atoms with Gasteiger partial charge in [-0.3, -0.25) is 4.99 Å². The molecule has 13 heavy (non-hydrogen) atoms. The minimum absolute atomic E-state index is 0.740. The highest BCUT2D eigenvalue weighted by molar-refractivity contribution is 7.99. The Bertz CT molecular complexity index is 162. The summed E-state index contributed by atoms with van der Waals surface area (Å²) in [5.41, 5.74) is 5.87. The Hall–Kier alpha value is -0.380. The summed E-state index contributed by atoms with van der Waals surface area (Å²) in [6.45, 7) is 5.11. The van der Waals surface area contributed by atoms with E-state index in [0.717, 1.165) is 32.0 Å². The number of guanidine groups is 1. The number of nitrogens with zero attached hydrogens (tertiary/aromatic N) is 2. The topological polar surface area (TPSA) is 41.6 Å². The van der Waals surface area contributed by atoms with Gasteiger partial charge in [-0.15, -0.1) is 0 Å². The Labute approximate surface area is 84.8 Å². The average Bonchev–Trinajstić information content (AvgIpc) is 2.42. The van der Waals surface area contributed by atoms with Crippen LogP contribution >= 0.6 is 11.8 Å². The molecule has 0 saturated carbocycles. The van der Waals surface area contributed by atoms with Crippen LogP contribution in [-0.2, 0) is 0 Å². The maximum Gasteiger partial charge on any atom is 0.191 e. The van der Waals surface area contributed by atoms with Gasteiger partial charge in [0.25, 0.3) is 0 Å². The highest BCUT2D eigenvalue weighted by atomic mass is 32.2. The van der Waals surface area contributed by atoms with E-state index in [-0.39, 0.29) is 0 Å².